The highest BCUT2D eigenvalue weighted by atomic mass is 15.2. The number of nitrogens with two attached hydrogens (primary N) is 1. The number of nitrogens with one attached hydrogen (secondary N) is 1. The molecule has 1 aromatic carbocycles. The van der Waals surface area contributed by atoms with Crippen LogP contribution in [0.15, 0.2) is 30.3 Å². The molecule has 1 saturated heterocycles. The number of aryl methyl sites for hydroxylation is 1. The first-order valence-electron chi connectivity index (χ1n) is 6.59. The molecule has 0 bridgehead atoms. The van der Waals surface area contributed by atoms with Gasteiger partial charge >= 0.3 is 0 Å². The Balaban J connectivity index is 1.74. The summed E-state index contributed by atoms with van der Waals surface area (Å²) in [6.07, 6.45) is 2.39. The van der Waals surface area contributed by atoms with Gasteiger partial charge in [-0.25, -0.2) is 0 Å². The quantitative estimate of drug-likeness (QED) is 0.792. The van der Waals surface area contributed by atoms with Crippen LogP contribution < -0.4 is 11.1 Å². The molecule has 94 valence electrons. The molecule has 3 nitrogen and oxygen atoms in total. The van der Waals surface area contributed by atoms with Gasteiger partial charge in [0.05, 0.1) is 0 Å². The van der Waals surface area contributed by atoms with Gasteiger partial charge in [0.15, 0.2) is 0 Å². The molecule has 1 unspecified atom stereocenters. The molecule has 1 fully saturated rings. The third kappa shape index (κ3) is 3.80. The van der Waals surface area contributed by atoms with Crippen molar-refractivity contribution in [2.45, 2.75) is 18.9 Å². The highest BCUT2D eigenvalue weighted by Crippen LogP contribution is 2.07. The number of hydrogen-bond donors (Lipinski definition) is 2. The van der Waals surface area contributed by atoms with Crippen LogP contribution in [0.25, 0.3) is 0 Å². The van der Waals surface area contributed by atoms with Crippen molar-refractivity contribution in [1.29, 1.82) is 0 Å². The van der Waals surface area contributed by atoms with E-state index in [1.165, 1.54) is 24.9 Å². The summed E-state index contributed by atoms with van der Waals surface area (Å²) in [5, 5.41) is 3.40. The van der Waals surface area contributed by atoms with E-state index in [0.717, 1.165) is 26.2 Å². The zero-order valence-electron chi connectivity index (χ0n) is 10.4. The fourth-order valence-corrected chi connectivity index (χ4v) is 2.46. The molecule has 1 aliphatic rings. The van der Waals surface area contributed by atoms with Crippen LogP contribution >= 0.6 is 0 Å². The summed E-state index contributed by atoms with van der Waals surface area (Å²) in [6.45, 7) is 5.21. The molecule has 1 heterocycles. The normalized spacial score (nSPS) is 21.6. The van der Waals surface area contributed by atoms with Crippen LogP contribution in [0, 0.1) is 0 Å². The summed E-state index contributed by atoms with van der Waals surface area (Å²) < 4.78 is 0. The van der Waals surface area contributed by atoms with Gasteiger partial charge in [-0.3, -0.25) is 4.90 Å². The van der Waals surface area contributed by atoms with Crippen molar-refractivity contribution in [3.63, 3.8) is 0 Å². The van der Waals surface area contributed by atoms with E-state index in [-0.39, 0.29) is 0 Å². The van der Waals surface area contributed by atoms with Crippen LogP contribution in [-0.4, -0.2) is 43.7 Å². The smallest absolute Gasteiger partial charge is 0.0343 e. The van der Waals surface area contributed by atoms with Crippen molar-refractivity contribution in [1.82, 2.24) is 10.2 Å². The molecule has 1 atom stereocenters. The van der Waals surface area contributed by atoms with Crippen molar-refractivity contribution in [2.24, 2.45) is 5.73 Å². The lowest BCUT2D eigenvalue weighted by Crippen LogP contribution is -2.54. The summed E-state index contributed by atoms with van der Waals surface area (Å²) in [6, 6.07) is 11.2. The van der Waals surface area contributed by atoms with Crippen molar-refractivity contribution < 1.29 is 0 Å². The van der Waals surface area contributed by atoms with E-state index in [2.05, 4.69) is 40.5 Å². The summed E-state index contributed by atoms with van der Waals surface area (Å²) in [7, 11) is 0. The Bertz CT molecular complexity index is 313. The van der Waals surface area contributed by atoms with E-state index >= 15 is 0 Å². The lowest BCUT2D eigenvalue weighted by molar-refractivity contribution is 0.164. The van der Waals surface area contributed by atoms with Gasteiger partial charge in [-0.1, -0.05) is 30.3 Å². The zero-order chi connectivity index (χ0) is 11.9. The molecule has 0 radical (unpaired) electrons. The zero-order valence-corrected chi connectivity index (χ0v) is 10.4. The molecule has 3 N–H and O–H groups in total. The average Bonchev–Trinajstić information content (AvgIpc) is 2.40. The van der Waals surface area contributed by atoms with Gasteiger partial charge < -0.3 is 11.1 Å². The standard InChI is InChI=1S/C14H23N3/c15-11-14-12-16-8-10-17(14)9-4-7-13-5-2-1-3-6-13/h1-3,5-6,14,16H,4,7-12,15H2. The van der Waals surface area contributed by atoms with Crippen molar-refractivity contribution in [3.05, 3.63) is 35.9 Å². The highest BCUT2D eigenvalue weighted by molar-refractivity contribution is 5.14. The molecule has 0 amide bonds. The number of benzene rings is 1. The van der Waals surface area contributed by atoms with Gasteiger partial charge in [-0.2, -0.15) is 0 Å². The summed E-state index contributed by atoms with van der Waals surface area (Å²) >= 11 is 0. The van der Waals surface area contributed by atoms with Crippen molar-refractivity contribution in [3.8, 4) is 0 Å². The number of hydrogen-bond acceptors (Lipinski definition) is 3. The van der Waals surface area contributed by atoms with E-state index in [9.17, 15) is 0 Å². The monoisotopic (exact) mass is 233 g/mol. The average molecular weight is 233 g/mol. The minimum absolute atomic E-state index is 0.527. The second-order valence-corrected chi connectivity index (χ2v) is 4.72. The van der Waals surface area contributed by atoms with Crippen LogP contribution in [0.2, 0.25) is 0 Å². The molecule has 0 saturated carbocycles. The second-order valence-electron chi connectivity index (χ2n) is 4.72. The van der Waals surface area contributed by atoms with Crippen LogP contribution in [0.5, 0.6) is 0 Å². The molecule has 0 aromatic heterocycles. The van der Waals surface area contributed by atoms with Gasteiger partial charge in [0.25, 0.3) is 0 Å². The Morgan fingerprint density at radius 3 is 2.88 bits per heavy atom. The summed E-state index contributed by atoms with van der Waals surface area (Å²) in [5.74, 6) is 0. The molecule has 0 aliphatic carbocycles. The highest BCUT2D eigenvalue weighted by Gasteiger charge is 2.19. The van der Waals surface area contributed by atoms with E-state index < -0.39 is 0 Å². The predicted molar refractivity (Wildman–Crippen MR) is 72.0 cm³/mol. The van der Waals surface area contributed by atoms with Gasteiger partial charge in [-0.15, -0.1) is 0 Å². The Morgan fingerprint density at radius 1 is 1.29 bits per heavy atom. The molecule has 3 heteroatoms. The number of piperazine rings is 1. The van der Waals surface area contributed by atoms with Crippen LogP contribution in [0.1, 0.15) is 12.0 Å². The van der Waals surface area contributed by atoms with Gasteiger partial charge in [0, 0.05) is 32.2 Å². The molecular formula is C14H23N3. The summed E-state index contributed by atoms with van der Waals surface area (Å²) in [5.41, 5.74) is 7.23. The Hall–Kier alpha value is -0.900. The number of rotatable bonds is 5. The molecule has 1 aromatic rings. The SMILES string of the molecule is NCC1CNCCN1CCCc1ccccc1. The van der Waals surface area contributed by atoms with Crippen LogP contribution in [0.4, 0.5) is 0 Å². The summed E-state index contributed by atoms with van der Waals surface area (Å²) in [4.78, 5) is 2.53. The first kappa shape index (κ1) is 12.6. The fraction of sp³-hybridized carbons (Fsp3) is 0.571. The van der Waals surface area contributed by atoms with E-state index in [0.29, 0.717) is 6.04 Å². The van der Waals surface area contributed by atoms with E-state index in [4.69, 9.17) is 5.73 Å². The maximum Gasteiger partial charge on any atom is 0.0343 e. The fourth-order valence-electron chi connectivity index (χ4n) is 2.46. The Kier molecular flexibility index (Phi) is 4.98. The number of nitrogens with zero attached hydrogens (tertiary/aromatic N) is 1. The van der Waals surface area contributed by atoms with Crippen LogP contribution in [-0.2, 0) is 6.42 Å². The minimum Gasteiger partial charge on any atom is -0.329 e. The first-order chi connectivity index (χ1) is 8.40. The molecule has 1 aliphatic heterocycles. The topological polar surface area (TPSA) is 41.3 Å². The molecule has 17 heavy (non-hydrogen) atoms. The maximum atomic E-state index is 5.79. The Labute approximate surface area is 104 Å². The first-order valence-corrected chi connectivity index (χ1v) is 6.59. The lowest BCUT2D eigenvalue weighted by atomic mass is 10.1. The van der Waals surface area contributed by atoms with E-state index in [1.807, 2.05) is 0 Å². The third-order valence-electron chi connectivity index (χ3n) is 3.50. The Morgan fingerprint density at radius 2 is 2.12 bits per heavy atom. The third-order valence-corrected chi connectivity index (χ3v) is 3.50. The van der Waals surface area contributed by atoms with E-state index in [1.54, 1.807) is 0 Å². The lowest BCUT2D eigenvalue weighted by Gasteiger charge is -2.35. The predicted octanol–water partition coefficient (Wildman–Crippen LogP) is 0.852. The maximum absolute atomic E-state index is 5.79. The van der Waals surface area contributed by atoms with Gasteiger partial charge in [0.2, 0.25) is 0 Å². The molecular weight excluding hydrogens is 210 g/mol. The molecule has 0 spiro atoms. The minimum atomic E-state index is 0.527. The van der Waals surface area contributed by atoms with Gasteiger partial charge in [0.1, 0.15) is 0 Å². The van der Waals surface area contributed by atoms with Crippen molar-refractivity contribution >= 4 is 0 Å². The largest absolute Gasteiger partial charge is 0.329 e. The van der Waals surface area contributed by atoms with Gasteiger partial charge in [-0.05, 0) is 24.9 Å². The van der Waals surface area contributed by atoms with Crippen LogP contribution in [0.3, 0.4) is 0 Å². The molecule has 2 rings (SSSR count). The second kappa shape index (κ2) is 6.74. The van der Waals surface area contributed by atoms with Crippen molar-refractivity contribution in [2.75, 3.05) is 32.7 Å².